The van der Waals surface area contributed by atoms with Crippen molar-refractivity contribution in [2.45, 2.75) is 19.9 Å². The first-order chi connectivity index (χ1) is 13.3. The van der Waals surface area contributed by atoms with Gasteiger partial charge >= 0.3 is 11.9 Å². The van der Waals surface area contributed by atoms with E-state index in [2.05, 4.69) is 0 Å². The zero-order valence-corrected chi connectivity index (χ0v) is 15.4. The third-order valence-electron chi connectivity index (χ3n) is 4.72. The van der Waals surface area contributed by atoms with Crippen LogP contribution in [0.4, 0.5) is 0 Å². The summed E-state index contributed by atoms with van der Waals surface area (Å²) in [5.74, 6) is -2.16. The highest BCUT2D eigenvalue weighted by Crippen LogP contribution is 2.55. The van der Waals surface area contributed by atoms with Gasteiger partial charge in [-0.25, -0.2) is 9.59 Å². The number of esters is 2. The minimum absolute atomic E-state index is 0.117. The second kappa shape index (κ2) is 7.27. The molecule has 2 aliphatic heterocycles. The van der Waals surface area contributed by atoms with Gasteiger partial charge in [0.2, 0.25) is 10.8 Å². The smallest absolute Gasteiger partial charge is 0.355 e. The molecule has 0 radical (unpaired) electrons. The molecule has 9 nitrogen and oxygen atoms in total. The van der Waals surface area contributed by atoms with Gasteiger partial charge in [0.25, 0.3) is 0 Å². The first-order valence-corrected chi connectivity index (χ1v) is 8.15. The summed E-state index contributed by atoms with van der Waals surface area (Å²) in [6, 6.07) is 5.65. The normalized spacial score (nSPS) is 21.0. The van der Waals surface area contributed by atoms with E-state index in [1.165, 1.54) is 17.9 Å². The van der Waals surface area contributed by atoms with Crippen molar-refractivity contribution in [2.75, 3.05) is 13.7 Å². The van der Waals surface area contributed by atoms with Gasteiger partial charge in [0, 0.05) is 5.70 Å². The molecule has 0 saturated carbocycles. The predicted octanol–water partition coefficient (Wildman–Crippen LogP) is 1.20. The van der Waals surface area contributed by atoms with Gasteiger partial charge in [-0.15, -0.1) is 0 Å². The van der Waals surface area contributed by atoms with Crippen LogP contribution >= 0.6 is 0 Å². The van der Waals surface area contributed by atoms with Crippen LogP contribution in [0, 0.1) is 56.2 Å². The Kier molecular flexibility index (Phi) is 5.25. The molecule has 28 heavy (non-hydrogen) atoms. The van der Waals surface area contributed by atoms with Gasteiger partial charge in [0.1, 0.15) is 11.3 Å². The summed E-state index contributed by atoms with van der Waals surface area (Å²) in [6.45, 7) is 2.97. The molecule has 0 spiro atoms. The molecular formula is C19H15N5O4. The predicted molar refractivity (Wildman–Crippen MR) is 91.5 cm³/mol. The highest BCUT2D eigenvalue weighted by atomic mass is 16.5. The van der Waals surface area contributed by atoms with E-state index in [1.54, 1.807) is 43.4 Å². The minimum Gasteiger partial charge on any atom is -0.464 e. The fraction of sp³-hybridized carbons (Fsp3) is 0.368. The van der Waals surface area contributed by atoms with Crippen LogP contribution < -0.4 is 0 Å². The molecule has 0 N–H and O–H groups in total. The number of nitrogens with zero attached hydrogens (tertiary/aromatic N) is 5. The number of fused-ring (bicyclic) bond motifs is 1. The van der Waals surface area contributed by atoms with Crippen LogP contribution in [0.1, 0.15) is 13.8 Å². The van der Waals surface area contributed by atoms with E-state index >= 15 is 0 Å². The number of allylic oxidation sites excluding steroid dienone is 3. The zero-order chi connectivity index (χ0) is 21.1. The molecular weight excluding hydrogens is 362 g/mol. The molecule has 0 aromatic carbocycles. The number of methoxy groups -OCH3 is 1. The average Bonchev–Trinajstić information content (AvgIpc) is 2.71. The van der Waals surface area contributed by atoms with E-state index < -0.39 is 40.1 Å². The van der Waals surface area contributed by atoms with Crippen molar-refractivity contribution < 1.29 is 19.1 Å². The molecule has 0 aromatic rings. The second-order valence-corrected chi connectivity index (χ2v) is 5.95. The maximum atomic E-state index is 12.8. The van der Waals surface area contributed by atoms with Crippen molar-refractivity contribution in [1.82, 2.24) is 4.90 Å². The third-order valence-corrected chi connectivity index (χ3v) is 4.72. The molecule has 0 aliphatic carbocycles. The Balaban J connectivity index is 3.13. The molecule has 1 unspecified atom stereocenters. The Labute approximate surface area is 161 Å². The van der Waals surface area contributed by atoms with Crippen LogP contribution in [0.3, 0.4) is 0 Å². The van der Waals surface area contributed by atoms with E-state index in [0.717, 1.165) is 7.11 Å². The number of carbonyl (C=O) groups excluding carboxylic acids is 2. The fourth-order valence-corrected chi connectivity index (χ4v) is 3.44. The van der Waals surface area contributed by atoms with Gasteiger partial charge in [-0.2, -0.15) is 21.0 Å². The maximum Gasteiger partial charge on any atom is 0.355 e. The molecule has 2 rings (SSSR count). The summed E-state index contributed by atoms with van der Waals surface area (Å²) in [4.78, 5) is 26.7. The van der Waals surface area contributed by atoms with Gasteiger partial charge in [0.05, 0.1) is 44.0 Å². The molecule has 0 aromatic heterocycles. The van der Waals surface area contributed by atoms with Crippen LogP contribution in [0.15, 0.2) is 35.2 Å². The quantitative estimate of drug-likeness (QED) is 0.660. The minimum atomic E-state index is -2.59. The summed E-state index contributed by atoms with van der Waals surface area (Å²) < 4.78 is 9.75. The Bertz CT molecular complexity index is 965. The summed E-state index contributed by atoms with van der Waals surface area (Å²) >= 11 is 0. The molecule has 2 aliphatic rings. The zero-order valence-electron chi connectivity index (χ0n) is 15.4. The van der Waals surface area contributed by atoms with Crippen molar-refractivity contribution in [3.63, 3.8) is 0 Å². The first-order valence-electron chi connectivity index (χ1n) is 8.15. The van der Waals surface area contributed by atoms with E-state index in [4.69, 9.17) is 9.47 Å². The van der Waals surface area contributed by atoms with Gasteiger partial charge in [-0.05, 0) is 19.9 Å². The lowest BCUT2D eigenvalue weighted by atomic mass is 9.55. The molecule has 140 valence electrons. The van der Waals surface area contributed by atoms with E-state index in [-0.39, 0.29) is 6.61 Å². The molecule has 2 heterocycles. The van der Waals surface area contributed by atoms with Gasteiger partial charge in [0.15, 0.2) is 0 Å². The second-order valence-electron chi connectivity index (χ2n) is 5.95. The van der Waals surface area contributed by atoms with Crippen LogP contribution in [-0.4, -0.2) is 36.6 Å². The van der Waals surface area contributed by atoms with E-state index in [1.807, 2.05) is 0 Å². The fourth-order valence-electron chi connectivity index (χ4n) is 3.44. The van der Waals surface area contributed by atoms with E-state index in [9.17, 15) is 30.6 Å². The number of ether oxygens (including phenoxy) is 2. The average molecular weight is 377 g/mol. The van der Waals surface area contributed by atoms with Crippen molar-refractivity contribution >= 4 is 11.9 Å². The topological polar surface area (TPSA) is 151 Å². The Hall–Kier alpha value is -4.08. The highest BCUT2D eigenvalue weighted by molar-refractivity contribution is 6.03. The van der Waals surface area contributed by atoms with Crippen LogP contribution in [0.25, 0.3) is 0 Å². The molecule has 0 bridgehead atoms. The number of carbonyl (C=O) groups is 2. The number of hydrogen-bond acceptors (Lipinski definition) is 9. The number of hydrogen-bond donors (Lipinski definition) is 0. The van der Waals surface area contributed by atoms with Crippen LogP contribution in [0.2, 0.25) is 0 Å². The lowest BCUT2D eigenvalue weighted by molar-refractivity contribution is -0.144. The molecule has 0 fully saturated rings. The Morgan fingerprint density at radius 3 is 2.21 bits per heavy atom. The summed E-state index contributed by atoms with van der Waals surface area (Å²) in [5, 5.41) is 39.7. The largest absolute Gasteiger partial charge is 0.464 e. The Morgan fingerprint density at radius 1 is 1.14 bits per heavy atom. The number of nitriles is 4. The van der Waals surface area contributed by atoms with Crippen LogP contribution in [-0.2, 0) is 19.1 Å². The highest BCUT2D eigenvalue weighted by Gasteiger charge is 2.69. The van der Waals surface area contributed by atoms with Crippen molar-refractivity contribution in [2.24, 2.45) is 10.8 Å². The van der Waals surface area contributed by atoms with Crippen LogP contribution in [0.5, 0.6) is 0 Å². The van der Waals surface area contributed by atoms with Gasteiger partial charge in [-0.3, -0.25) is 0 Å². The molecule has 0 amide bonds. The van der Waals surface area contributed by atoms with Gasteiger partial charge in [-0.1, -0.05) is 12.2 Å². The molecule has 0 saturated heterocycles. The first kappa shape index (κ1) is 20.2. The van der Waals surface area contributed by atoms with E-state index in [0.29, 0.717) is 5.70 Å². The monoisotopic (exact) mass is 377 g/mol. The third kappa shape index (κ3) is 2.35. The molecule has 1 atom stereocenters. The van der Waals surface area contributed by atoms with Gasteiger partial charge < -0.3 is 14.4 Å². The Morgan fingerprint density at radius 2 is 1.75 bits per heavy atom. The lowest BCUT2D eigenvalue weighted by Crippen LogP contribution is -2.61. The standard InChI is InChI=1S/C19H15N5O4/c1-4-28-16(25)14-15(17(26)27-3)24-12(2)6-5-7-13(24)18(8-20,9-21)19(14,10-22)11-23/h5-7,13H,4H2,1-3H3. The maximum absolute atomic E-state index is 12.8. The molecule has 9 heteroatoms. The van der Waals surface area contributed by atoms with Crippen molar-refractivity contribution in [1.29, 1.82) is 21.0 Å². The number of rotatable bonds is 3. The summed E-state index contributed by atoms with van der Waals surface area (Å²) in [7, 11) is 1.07. The van der Waals surface area contributed by atoms with Crippen molar-refractivity contribution in [3.05, 3.63) is 35.2 Å². The summed E-state index contributed by atoms with van der Waals surface area (Å²) in [5.41, 5.74) is -5.59. The van der Waals surface area contributed by atoms with Crippen molar-refractivity contribution in [3.8, 4) is 24.3 Å². The summed E-state index contributed by atoms with van der Waals surface area (Å²) in [6.07, 6.45) is 4.56. The lowest BCUT2D eigenvalue weighted by Gasteiger charge is -2.49. The SMILES string of the molecule is CCOC(=O)C1=C(C(=O)OC)N2C(C)=CC=CC2C(C#N)(C#N)C1(C#N)C#N.